The van der Waals surface area contributed by atoms with E-state index in [2.05, 4.69) is 37.8 Å². The Morgan fingerprint density at radius 1 is 1.24 bits per heavy atom. The van der Waals surface area contributed by atoms with Crippen molar-refractivity contribution in [2.75, 3.05) is 26.2 Å². The van der Waals surface area contributed by atoms with Gasteiger partial charge in [-0.05, 0) is 64.7 Å². The summed E-state index contributed by atoms with van der Waals surface area (Å²) in [4.78, 5) is 2.58. The summed E-state index contributed by atoms with van der Waals surface area (Å²) in [6, 6.07) is 4.93. The fourth-order valence-electron chi connectivity index (χ4n) is 3.38. The molecule has 21 heavy (non-hydrogen) atoms. The maximum absolute atomic E-state index is 6.09. The van der Waals surface area contributed by atoms with Crippen LogP contribution in [0.5, 0.6) is 5.75 Å². The van der Waals surface area contributed by atoms with Crippen molar-refractivity contribution in [3.8, 4) is 5.75 Å². The first-order valence-electron chi connectivity index (χ1n) is 8.35. The van der Waals surface area contributed by atoms with Gasteiger partial charge < -0.3 is 10.5 Å². The van der Waals surface area contributed by atoms with E-state index in [1.807, 2.05) is 0 Å². The van der Waals surface area contributed by atoms with Crippen molar-refractivity contribution >= 4 is 0 Å². The number of hydrogen-bond donors (Lipinski definition) is 1. The number of nitrogens with zero attached hydrogens (tertiary/aromatic N) is 1. The van der Waals surface area contributed by atoms with Gasteiger partial charge >= 0.3 is 0 Å². The van der Waals surface area contributed by atoms with Gasteiger partial charge in [0.1, 0.15) is 5.75 Å². The number of aryl methyl sites for hydroxylation is 2. The van der Waals surface area contributed by atoms with Crippen molar-refractivity contribution in [2.45, 2.75) is 52.5 Å². The van der Waals surface area contributed by atoms with Gasteiger partial charge in [0.25, 0.3) is 0 Å². The Morgan fingerprint density at radius 2 is 1.95 bits per heavy atom. The zero-order valence-electron chi connectivity index (χ0n) is 13.8. The molecule has 3 heteroatoms. The van der Waals surface area contributed by atoms with Crippen LogP contribution >= 0.6 is 0 Å². The molecule has 1 heterocycles. The summed E-state index contributed by atoms with van der Waals surface area (Å²) >= 11 is 0. The molecule has 0 saturated carbocycles. The number of rotatable bonds is 7. The molecule has 1 saturated heterocycles. The molecule has 1 atom stereocenters. The van der Waals surface area contributed by atoms with Gasteiger partial charge in [-0.2, -0.15) is 0 Å². The highest BCUT2D eigenvalue weighted by molar-refractivity contribution is 5.45. The Labute approximate surface area is 129 Å². The number of benzene rings is 1. The van der Waals surface area contributed by atoms with E-state index in [0.717, 1.165) is 31.7 Å². The third-order valence-corrected chi connectivity index (χ3v) is 4.28. The fourth-order valence-corrected chi connectivity index (χ4v) is 3.38. The molecule has 1 aliphatic rings. The molecule has 0 aliphatic carbocycles. The van der Waals surface area contributed by atoms with Crippen molar-refractivity contribution in [3.63, 3.8) is 0 Å². The second-order valence-corrected chi connectivity index (χ2v) is 6.18. The lowest BCUT2D eigenvalue weighted by molar-refractivity contribution is 0.225. The molecule has 1 aromatic carbocycles. The first-order valence-corrected chi connectivity index (χ1v) is 8.35. The molecular formula is C18H30N2O. The number of nitrogens with two attached hydrogens (primary N) is 1. The smallest absolute Gasteiger partial charge is 0.126 e. The van der Waals surface area contributed by atoms with Crippen LogP contribution in [0.4, 0.5) is 0 Å². The lowest BCUT2D eigenvalue weighted by Crippen LogP contribution is -2.28. The quantitative estimate of drug-likeness (QED) is 0.834. The van der Waals surface area contributed by atoms with Gasteiger partial charge in [0, 0.05) is 11.6 Å². The molecule has 0 bridgehead atoms. The highest BCUT2D eigenvalue weighted by atomic mass is 16.5. The van der Waals surface area contributed by atoms with Gasteiger partial charge in [-0.15, -0.1) is 0 Å². The molecule has 2 rings (SSSR count). The SMILES string of the molecule is CCCOc1c(C)cc(C)cc1C(CCN)N1CCCC1. The first-order chi connectivity index (χ1) is 10.2. The van der Waals surface area contributed by atoms with Crippen LogP contribution in [-0.4, -0.2) is 31.1 Å². The van der Waals surface area contributed by atoms with Crippen molar-refractivity contribution in [3.05, 3.63) is 28.8 Å². The maximum Gasteiger partial charge on any atom is 0.126 e. The standard InChI is InChI=1S/C18H30N2O/c1-4-11-21-18-15(3)12-14(2)13-16(18)17(7-8-19)20-9-5-6-10-20/h12-13,17H,4-11,19H2,1-3H3. The zero-order valence-corrected chi connectivity index (χ0v) is 13.8. The first kappa shape index (κ1) is 16.3. The van der Waals surface area contributed by atoms with E-state index in [1.54, 1.807) is 0 Å². The molecule has 1 aliphatic heterocycles. The summed E-state index contributed by atoms with van der Waals surface area (Å²) in [5.41, 5.74) is 9.80. The Morgan fingerprint density at radius 3 is 2.57 bits per heavy atom. The molecule has 0 radical (unpaired) electrons. The molecule has 0 aromatic heterocycles. The van der Waals surface area contributed by atoms with Crippen LogP contribution in [0, 0.1) is 13.8 Å². The minimum Gasteiger partial charge on any atom is -0.493 e. The zero-order chi connectivity index (χ0) is 15.2. The molecule has 0 spiro atoms. The Hall–Kier alpha value is -1.06. The largest absolute Gasteiger partial charge is 0.493 e. The highest BCUT2D eigenvalue weighted by Gasteiger charge is 2.26. The second-order valence-electron chi connectivity index (χ2n) is 6.18. The van der Waals surface area contributed by atoms with E-state index in [0.29, 0.717) is 6.04 Å². The van der Waals surface area contributed by atoms with Crippen molar-refractivity contribution in [1.82, 2.24) is 4.90 Å². The van der Waals surface area contributed by atoms with Crippen LogP contribution in [0.15, 0.2) is 12.1 Å². The Bertz CT molecular complexity index is 453. The van der Waals surface area contributed by atoms with E-state index in [4.69, 9.17) is 10.5 Å². The summed E-state index contributed by atoms with van der Waals surface area (Å²) in [5.74, 6) is 1.09. The summed E-state index contributed by atoms with van der Waals surface area (Å²) in [7, 11) is 0. The number of ether oxygens (including phenoxy) is 1. The molecule has 2 N–H and O–H groups in total. The topological polar surface area (TPSA) is 38.5 Å². The van der Waals surface area contributed by atoms with Crippen molar-refractivity contribution in [2.24, 2.45) is 5.73 Å². The molecule has 0 amide bonds. The molecule has 3 nitrogen and oxygen atoms in total. The van der Waals surface area contributed by atoms with Gasteiger partial charge in [-0.1, -0.05) is 24.6 Å². The maximum atomic E-state index is 6.09. The third-order valence-electron chi connectivity index (χ3n) is 4.28. The lowest BCUT2D eigenvalue weighted by atomic mass is 9.96. The van der Waals surface area contributed by atoms with Crippen LogP contribution in [0.1, 0.15) is 55.3 Å². The summed E-state index contributed by atoms with van der Waals surface area (Å²) in [6.07, 6.45) is 4.65. The van der Waals surface area contributed by atoms with E-state index < -0.39 is 0 Å². The Kier molecular flexibility index (Phi) is 6.07. The minimum absolute atomic E-state index is 0.406. The summed E-state index contributed by atoms with van der Waals surface area (Å²) in [5, 5.41) is 0. The van der Waals surface area contributed by atoms with Gasteiger partial charge in [0.15, 0.2) is 0 Å². The second kappa shape index (κ2) is 7.81. The van der Waals surface area contributed by atoms with Crippen LogP contribution in [0.25, 0.3) is 0 Å². The van der Waals surface area contributed by atoms with Crippen LogP contribution in [-0.2, 0) is 0 Å². The number of likely N-dealkylation sites (tertiary alicyclic amines) is 1. The van der Waals surface area contributed by atoms with Crippen molar-refractivity contribution in [1.29, 1.82) is 0 Å². The van der Waals surface area contributed by atoms with E-state index in [-0.39, 0.29) is 0 Å². The predicted molar refractivity (Wildman–Crippen MR) is 88.9 cm³/mol. The summed E-state index contributed by atoms with van der Waals surface area (Å²) < 4.78 is 6.09. The summed E-state index contributed by atoms with van der Waals surface area (Å²) in [6.45, 7) is 10.4. The molecule has 1 aromatic rings. The van der Waals surface area contributed by atoms with Gasteiger partial charge in [0.05, 0.1) is 6.61 Å². The normalized spacial score (nSPS) is 17.1. The van der Waals surface area contributed by atoms with Crippen molar-refractivity contribution < 1.29 is 4.74 Å². The van der Waals surface area contributed by atoms with E-state index in [9.17, 15) is 0 Å². The lowest BCUT2D eigenvalue weighted by Gasteiger charge is -2.30. The van der Waals surface area contributed by atoms with E-state index in [1.165, 1.54) is 42.6 Å². The average Bonchev–Trinajstić information content (AvgIpc) is 2.97. The third kappa shape index (κ3) is 3.98. The molecular weight excluding hydrogens is 260 g/mol. The number of hydrogen-bond acceptors (Lipinski definition) is 3. The minimum atomic E-state index is 0.406. The van der Waals surface area contributed by atoms with Gasteiger partial charge in [-0.3, -0.25) is 4.90 Å². The fraction of sp³-hybridized carbons (Fsp3) is 0.667. The van der Waals surface area contributed by atoms with Crippen LogP contribution in [0.3, 0.4) is 0 Å². The van der Waals surface area contributed by atoms with Gasteiger partial charge in [-0.25, -0.2) is 0 Å². The van der Waals surface area contributed by atoms with Crippen LogP contribution in [0.2, 0.25) is 0 Å². The molecule has 1 fully saturated rings. The molecule has 1 unspecified atom stereocenters. The van der Waals surface area contributed by atoms with E-state index >= 15 is 0 Å². The monoisotopic (exact) mass is 290 g/mol. The molecule has 118 valence electrons. The highest BCUT2D eigenvalue weighted by Crippen LogP contribution is 2.36. The van der Waals surface area contributed by atoms with Crippen LogP contribution < -0.4 is 10.5 Å². The predicted octanol–water partition coefficient (Wildman–Crippen LogP) is 3.58. The van der Waals surface area contributed by atoms with Gasteiger partial charge in [0.2, 0.25) is 0 Å². The Balaban J connectivity index is 2.36. The average molecular weight is 290 g/mol.